The number of anilines is 1. The van der Waals surface area contributed by atoms with E-state index in [0.29, 0.717) is 24.0 Å². The molecule has 2 aromatic carbocycles. The van der Waals surface area contributed by atoms with Crippen molar-refractivity contribution in [2.75, 3.05) is 24.8 Å². The number of sulfone groups is 1. The zero-order chi connectivity index (χ0) is 60.8. The summed E-state index contributed by atoms with van der Waals surface area (Å²) in [4.78, 5) is 56.3. The van der Waals surface area contributed by atoms with Crippen molar-refractivity contribution < 1.29 is 53.1 Å². The van der Waals surface area contributed by atoms with Gasteiger partial charge in [0, 0.05) is 65.0 Å². The number of nitrogens with two attached hydrogens (primary N) is 1. The Labute approximate surface area is 486 Å². The Morgan fingerprint density at radius 3 is 1.51 bits per heavy atom. The van der Waals surface area contributed by atoms with Crippen LogP contribution < -0.4 is 11.1 Å². The molecule has 6 heterocycles. The van der Waals surface area contributed by atoms with Gasteiger partial charge in [0.1, 0.15) is 12.7 Å². The van der Waals surface area contributed by atoms with Crippen LogP contribution in [0.4, 0.5) is 14.6 Å². The van der Waals surface area contributed by atoms with Crippen LogP contribution in [0.25, 0.3) is 44.8 Å². The first-order valence-corrected chi connectivity index (χ1v) is 31.9. The predicted molar refractivity (Wildman–Crippen MR) is 309 cm³/mol. The normalized spacial score (nSPS) is 15.5. The summed E-state index contributed by atoms with van der Waals surface area (Å²) in [6.45, 7) is 12.2. The molecule has 0 radical (unpaired) electrons. The van der Waals surface area contributed by atoms with Crippen molar-refractivity contribution in [1.29, 1.82) is 0 Å². The van der Waals surface area contributed by atoms with Gasteiger partial charge in [-0.1, -0.05) is 74.9 Å². The third-order valence-electron chi connectivity index (χ3n) is 15.2. The zero-order valence-electron chi connectivity index (χ0n) is 47.5. The van der Waals surface area contributed by atoms with E-state index in [1.54, 1.807) is 31.2 Å². The number of carbonyl (C=O) groups excluding carboxylic acids is 2. The Hall–Kier alpha value is -7.75. The molecule has 3 N–H and O–H groups in total. The average molecular weight is 1210 g/mol. The van der Waals surface area contributed by atoms with E-state index in [2.05, 4.69) is 59.0 Å². The molecule has 10 rings (SSSR count). The van der Waals surface area contributed by atoms with E-state index in [1.807, 2.05) is 20.8 Å². The molecule has 27 heteroatoms. The smallest absolute Gasteiger partial charge is 0.307 e. The maximum atomic E-state index is 15.1. The number of carbonyl (C=O) groups is 2. The van der Waals surface area contributed by atoms with Crippen LogP contribution in [0.1, 0.15) is 103 Å². The molecule has 0 bridgehead atoms. The second-order valence-electron chi connectivity index (χ2n) is 21.4. The molecule has 0 saturated heterocycles. The van der Waals surface area contributed by atoms with Crippen molar-refractivity contribution in [3.05, 3.63) is 121 Å². The second kappa shape index (κ2) is 25.6. The quantitative estimate of drug-likeness (QED) is 0.0636. The number of aryl methyl sites for hydroxylation is 2. The number of halogens is 2. The summed E-state index contributed by atoms with van der Waals surface area (Å²) in [7, 11) is -12.0. The highest BCUT2D eigenvalue weighted by atomic mass is 32.2. The molecular weight excluding hydrogens is 1150 g/mol. The number of hydrogen-bond donors (Lipinski definition) is 2. The first kappa shape index (κ1) is 62.3. The molecule has 84 heavy (non-hydrogen) atoms. The third kappa shape index (κ3) is 13.7. The first-order valence-electron chi connectivity index (χ1n) is 27.2. The van der Waals surface area contributed by atoms with Gasteiger partial charge in [-0.25, -0.2) is 81.9 Å². The van der Waals surface area contributed by atoms with Gasteiger partial charge in [-0.05, 0) is 88.5 Å². The summed E-state index contributed by atoms with van der Waals surface area (Å²) in [6, 6.07) is 12.3. The molecule has 0 amide bonds. The summed E-state index contributed by atoms with van der Waals surface area (Å²) < 4.78 is 118. The van der Waals surface area contributed by atoms with E-state index in [1.165, 1.54) is 74.5 Å². The molecule has 8 aromatic rings. The summed E-state index contributed by atoms with van der Waals surface area (Å²) in [5.41, 5.74) is 8.43. The lowest BCUT2D eigenvalue weighted by molar-refractivity contribution is -0.145. The second-order valence-corrected chi connectivity index (χ2v) is 26.9. The Morgan fingerprint density at radius 1 is 0.631 bits per heavy atom. The van der Waals surface area contributed by atoms with Gasteiger partial charge in [-0.15, -0.1) is 0 Å². The molecular formula is C57H66F2N12O10S3. The largest absolute Gasteiger partial charge is 0.466 e. The number of ether oxygens (including phenoxy) is 2. The van der Waals surface area contributed by atoms with Crippen LogP contribution in [0.3, 0.4) is 0 Å². The molecule has 2 saturated carbocycles. The fourth-order valence-electron chi connectivity index (χ4n) is 10.3. The van der Waals surface area contributed by atoms with Crippen molar-refractivity contribution in [3.8, 4) is 22.8 Å². The lowest BCUT2D eigenvalue weighted by Crippen LogP contribution is -2.39. The Balaban J connectivity index is 0.000000183. The number of aromatic nitrogens is 10. The molecule has 446 valence electrons. The number of benzene rings is 2. The first-order chi connectivity index (χ1) is 39.8. The van der Waals surface area contributed by atoms with Crippen molar-refractivity contribution in [2.24, 2.45) is 16.6 Å². The van der Waals surface area contributed by atoms with Gasteiger partial charge in [0.15, 0.2) is 55.3 Å². The molecule has 22 nitrogen and oxygen atoms in total. The van der Waals surface area contributed by atoms with Gasteiger partial charge >= 0.3 is 11.9 Å². The van der Waals surface area contributed by atoms with Crippen LogP contribution in [0.15, 0.2) is 113 Å². The maximum Gasteiger partial charge on any atom is 0.307 e. The zero-order valence-corrected chi connectivity index (χ0v) is 49.9. The highest BCUT2D eigenvalue weighted by Gasteiger charge is 2.40. The Bertz CT molecular complexity index is 4040. The fraction of sp³-hybridized carbons (Fsp3) is 0.404. The van der Waals surface area contributed by atoms with Gasteiger partial charge in [0.05, 0.1) is 48.2 Å². The minimum atomic E-state index is -4.04. The van der Waals surface area contributed by atoms with Crippen molar-refractivity contribution in [2.45, 2.75) is 133 Å². The minimum absolute atomic E-state index is 0.0343. The highest BCUT2D eigenvalue weighted by Crippen LogP contribution is 2.44. The SMILES string of the molecule is CCOC(=O)CC(N)C1(C)CCCC1.CCOC(=O)CC(Nc1nc(-c2cn(S(=O)(=O)c3ccc(C)cc3)c3ncncc23)ncc1F)C1(C)CCCC1.Cc1ccc(S(=O)(=O)n2cc(-c3ncc(F)c(S(C)(=O)=O)n3)c3cncnc32)cc1. The lowest BCUT2D eigenvalue weighted by Gasteiger charge is -2.34. The van der Waals surface area contributed by atoms with E-state index < -0.39 is 52.6 Å². The van der Waals surface area contributed by atoms with E-state index in [9.17, 15) is 39.2 Å². The van der Waals surface area contributed by atoms with E-state index in [0.717, 1.165) is 76.2 Å². The molecule has 2 aliphatic carbocycles. The van der Waals surface area contributed by atoms with E-state index in [-0.39, 0.29) is 91.3 Å². The van der Waals surface area contributed by atoms with E-state index in [4.69, 9.17) is 15.2 Å². The molecule has 2 unspecified atom stereocenters. The number of hydrogen-bond acceptors (Lipinski definition) is 20. The number of fused-ring (bicyclic) bond motifs is 2. The lowest BCUT2D eigenvalue weighted by atomic mass is 9.79. The van der Waals surface area contributed by atoms with E-state index >= 15 is 4.39 Å². The van der Waals surface area contributed by atoms with Crippen molar-refractivity contribution >= 4 is 69.7 Å². The van der Waals surface area contributed by atoms with Crippen molar-refractivity contribution in [1.82, 2.24) is 47.8 Å². The summed E-state index contributed by atoms with van der Waals surface area (Å²) in [6.07, 6.45) is 19.4. The molecule has 2 fully saturated rings. The van der Waals surface area contributed by atoms with Gasteiger partial charge in [-0.3, -0.25) is 9.59 Å². The summed E-state index contributed by atoms with van der Waals surface area (Å²) in [5.74, 6) is -2.48. The average Bonchev–Trinajstić information content (AvgIpc) is 3.18. The molecule has 2 aliphatic rings. The molecule has 6 aromatic heterocycles. The van der Waals surface area contributed by atoms with Crippen LogP contribution in [0.2, 0.25) is 0 Å². The predicted octanol–water partition coefficient (Wildman–Crippen LogP) is 8.71. The molecule has 2 atom stereocenters. The number of nitrogens with zero attached hydrogens (tertiary/aromatic N) is 10. The van der Waals surface area contributed by atoms with Crippen LogP contribution in [-0.2, 0) is 48.9 Å². The van der Waals surface area contributed by atoms with Crippen LogP contribution in [-0.4, -0.2) is 117 Å². The highest BCUT2D eigenvalue weighted by molar-refractivity contribution is 7.91. The van der Waals surface area contributed by atoms with Crippen molar-refractivity contribution in [3.63, 3.8) is 0 Å². The van der Waals surface area contributed by atoms with Gasteiger partial charge in [0.2, 0.25) is 0 Å². The third-order valence-corrected chi connectivity index (χ3v) is 19.5. The van der Waals surface area contributed by atoms with Crippen LogP contribution >= 0.6 is 0 Å². The summed E-state index contributed by atoms with van der Waals surface area (Å²) >= 11 is 0. The van der Waals surface area contributed by atoms with Gasteiger partial charge < -0.3 is 20.5 Å². The summed E-state index contributed by atoms with van der Waals surface area (Å²) in [5, 5.41) is 3.03. The maximum absolute atomic E-state index is 15.1. The van der Waals surface area contributed by atoms with Gasteiger partial charge in [-0.2, -0.15) is 0 Å². The van der Waals surface area contributed by atoms with Crippen LogP contribution in [0, 0.1) is 36.3 Å². The monoisotopic (exact) mass is 1210 g/mol. The minimum Gasteiger partial charge on any atom is -0.466 e. The fourth-order valence-corrected chi connectivity index (χ4v) is 13.6. The van der Waals surface area contributed by atoms with Crippen LogP contribution in [0.5, 0.6) is 0 Å². The van der Waals surface area contributed by atoms with Gasteiger partial charge in [0.25, 0.3) is 20.0 Å². The Morgan fingerprint density at radius 2 is 1.06 bits per heavy atom. The number of nitrogens with one attached hydrogen (secondary N) is 1. The number of rotatable bonds is 17. The number of esters is 2. The standard InChI is InChI=1S/C28H31FN6O4S.C18H14FN5O4S2.C11H21NO2/c1-4-39-24(36)13-23(28(3)11-5-6-12-28)33-26-22(29)15-31-25(34-26)21-16-35(27-20(21)14-30-17-32-27)40(37,38)19-9-7-18(2)8-10-19;1-11-3-5-12(6-4-11)30(27,28)24-9-14(13-7-20-10-22-17(13)24)16-21-8-15(19)18(23-16)29(2,25)26;1-3-14-10(13)8-9(12)11(2)6-4-5-7-11/h7-10,14-17,23H,4-6,11-13H2,1-3H3,(H,31,33,34);3-10H,1-2H3;9H,3-8,12H2,1-2H3. The Kier molecular flexibility index (Phi) is 19.0. The molecule has 0 spiro atoms. The topological polar surface area (TPSA) is 306 Å². The molecule has 0 aliphatic heterocycles.